The lowest BCUT2D eigenvalue weighted by atomic mass is 9.75. The van der Waals surface area contributed by atoms with E-state index in [0.29, 0.717) is 18.0 Å². The quantitative estimate of drug-likeness (QED) is 0.909. The predicted octanol–water partition coefficient (Wildman–Crippen LogP) is 3.23. The lowest BCUT2D eigenvalue weighted by molar-refractivity contribution is 0.269. The third-order valence-electron chi connectivity index (χ3n) is 5.82. The first-order valence-corrected chi connectivity index (χ1v) is 8.99. The van der Waals surface area contributed by atoms with Crippen molar-refractivity contribution in [1.29, 1.82) is 0 Å². The molecule has 5 nitrogen and oxygen atoms in total. The summed E-state index contributed by atoms with van der Waals surface area (Å²) in [6, 6.07) is 3.00. The number of hydrogen-bond acceptors (Lipinski definition) is 4. The number of nitrogens with one attached hydrogen (secondary N) is 1. The van der Waals surface area contributed by atoms with Crippen molar-refractivity contribution in [3.8, 4) is 0 Å². The maximum absolute atomic E-state index is 6.06. The molecule has 0 unspecified atom stereocenters. The van der Waals surface area contributed by atoms with Crippen LogP contribution >= 0.6 is 0 Å². The second-order valence-corrected chi connectivity index (χ2v) is 7.52. The van der Waals surface area contributed by atoms with Crippen molar-refractivity contribution in [3.05, 3.63) is 23.5 Å². The van der Waals surface area contributed by atoms with Crippen molar-refractivity contribution in [2.24, 2.45) is 11.7 Å². The van der Waals surface area contributed by atoms with Crippen molar-refractivity contribution < 1.29 is 0 Å². The second-order valence-electron chi connectivity index (χ2n) is 7.52. The fraction of sp³-hybridized carbons (Fsp3) is 0.667. The van der Waals surface area contributed by atoms with Crippen molar-refractivity contribution in [2.45, 2.75) is 70.4 Å². The summed E-state index contributed by atoms with van der Waals surface area (Å²) in [6.07, 6.45) is 9.24. The molecule has 2 aliphatic rings. The van der Waals surface area contributed by atoms with E-state index in [-0.39, 0.29) is 0 Å². The minimum Gasteiger partial charge on any atom is -0.367 e. The summed E-state index contributed by atoms with van der Waals surface area (Å²) in [6.45, 7) is 4.41. The standard InChI is InChI=1S/C18H27N5/c1-11-10-20-23-17(21-15-7-6-14(19)8-15)9-16(22-18(11)23)12(2)13-4-3-5-13/h9-10,12-15,21H,3-8,19H2,1-2H3/t12-,14+,15+/m1/s1. The van der Waals surface area contributed by atoms with Crippen LogP contribution in [0.15, 0.2) is 12.3 Å². The molecule has 2 aromatic rings. The number of hydrogen-bond donors (Lipinski definition) is 2. The number of nitrogens with zero attached hydrogens (tertiary/aromatic N) is 3. The number of aryl methyl sites for hydroxylation is 1. The number of anilines is 1. The van der Waals surface area contributed by atoms with Crippen LogP contribution in [0.1, 0.15) is 62.6 Å². The molecular formula is C18H27N5. The Hall–Kier alpha value is -1.62. The molecule has 5 heteroatoms. The average Bonchev–Trinajstić information content (AvgIpc) is 3.04. The Balaban J connectivity index is 1.69. The van der Waals surface area contributed by atoms with Crippen LogP contribution in [-0.2, 0) is 0 Å². The number of aromatic nitrogens is 3. The molecule has 2 aromatic heterocycles. The highest BCUT2D eigenvalue weighted by Crippen LogP contribution is 2.39. The zero-order chi connectivity index (χ0) is 16.0. The molecule has 0 radical (unpaired) electrons. The first-order chi connectivity index (χ1) is 11.1. The third kappa shape index (κ3) is 2.71. The van der Waals surface area contributed by atoms with Gasteiger partial charge in [-0.25, -0.2) is 4.98 Å². The van der Waals surface area contributed by atoms with Gasteiger partial charge in [-0.15, -0.1) is 0 Å². The lowest BCUT2D eigenvalue weighted by Gasteiger charge is -2.31. The Morgan fingerprint density at radius 2 is 2.13 bits per heavy atom. The Morgan fingerprint density at radius 3 is 2.78 bits per heavy atom. The normalized spacial score (nSPS) is 26.4. The maximum atomic E-state index is 6.06. The summed E-state index contributed by atoms with van der Waals surface area (Å²) in [5, 5.41) is 8.20. The molecule has 2 fully saturated rings. The van der Waals surface area contributed by atoms with Crippen LogP contribution in [0.2, 0.25) is 0 Å². The maximum Gasteiger partial charge on any atom is 0.160 e. The fourth-order valence-electron chi connectivity index (χ4n) is 3.97. The third-order valence-corrected chi connectivity index (χ3v) is 5.82. The van der Waals surface area contributed by atoms with Crippen molar-refractivity contribution in [3.63, 3.8) is 0 Å². The van der Waals surface area contributed by atoms with Crippen LogP contribution < -0.4 is 11.1 Å². The average molecular weight is 313 g/mol. The summed E-state index contributed by atoms with van der Waals surface area (Å²) in [5.74, 6) is 2.39. The molecule has 2 aliphatic carbocycles. The van der Waals surface area contributed by atoms with Crippen LogP contribution in [0, 0.1) is 12.8 Å². The molecule has 4 rings (SSSR count). The topological polar surface area (TPSA) is 68.2 Å². The number of nitrogens with two attached hydrogens (primary N) is 1. The summed E-state index contributed by atoms with van der Waals surface area (Å²) in [7, 11) is 0. The Bertz CT molecular complexity index is 703. The van der Waals surface area contributed by atoms with E-state index in [1.165, 1.54) is 25.0 Å². The molecule has 0 saturated heterocycles. The minimum atomic E-state index is 0.331. The lowest BCUT2D eigenvalue weighted by Crippen LogP contribution is -2.23. The Kier molecular flexibility index (Phi) is 3.76. The van der Waals surface area contributed by atoms with Gasteiger partial charge in [0.2, 0.25) is 0 Å². The van der Waals surface area contributed by atoms with Crippen molar-refractivity contribution >= 4 is 11.5 Å². The molecule has 2 saturated carbocycles. The summed E-state index contributed by atoms with van der Waals surface area (Å²) < 4.78 is 1.95. The largest absolute Gasteiger partial charge is 0.367 e. The molecule has 0 bridgehead atoms. The van der Waals surface area contributed by atoms with Crippen LogP contribution in [0.25, 0.3) is 5.65 Å². The van der Waals surface area contributed by atoms with Gasteiger partial charge in [0, 0.05) is 35.3 Å². The van der Waals surface area contributed by atoms with Gasteiger partial charge in [0.25, 0.3) is 0 Å². The van der Waals surface area contributed by atoms with E-state index >= 15 is 0 Å². The van der Waals surface area contributed by atoms with Gasteiger partial charge in [-0.1, -0.05) is 13.3 Å². The van der Waals surface area contributed by atoms with Gasteiger partial charge in [-0.05, 0) is 44.9 Å². The molecule has 0 aromatic carbocycles. The SMILES string of the molecule is Cc1cnn2c(N[C@H]3CC[C@H](N)C3)cc([C@H](C)C3CCC3)nc12. The predicted molar refractivity (Wildman–Crippen MR) is 92.7 cm³/mol. The Labute approximate surface area is 137 Å². The Morgan fingerprint density at radius 1 is 1.30 bits per heavy atom. The van der Waals surface area contributed by atoms with Crippen LogP contribution in [0.4, 0.5) is 5.82 Å². The fourth-order valence-corrected chi connectivity index (χ4v) is 3.97. The highest BCUT2D eigenvalue weighted by Gasteiger charge is 2.28. The molecule has 23 heavy (non-hydrogen) atoms. The van der Waals surface area contributed by atoms with Crippen molar-refractivity contribution in [1.82, 2.24) is 14.6 Å². The van der Waals surface area contributed by atoms with Gasteiger partial charge in [-0.3, -0.25) is 0 Å². The number of rotatable bonds is 4. The van der Waals surface area contributed by atoms with E-state index in [1.807, 2.05) is 10.7 Å². The van der Waals surface area contributed by atoms with Gasteiger partial charge >= 0.3 is 0 Å². The first-order valence-electron chi connectivity index (χ1n) is 8.99. The van der Waals surface area contributed by atoms with Gasteiger partial charge in [0.1, 0.15) is 5.82 Å². The zero-order valence-electron chi connectivity index (χ0n) is 14.1. The van der Waals surface area contributed by atoms with E-state index in [4.69, 9.17) is 10.7 Å². The monoisotopic (exact) mass is 313 g/mol. The second kappa shape index (κ2) is 5.78. The van der Waals surface area contributed by atoms with E-state index in [2.05, 4.69) is 30.3 Å². The molecule has 2 heterocycles. The van der Waals surface area contributed by atoms with E-state index in [1.54, 1.807) is 0 Å². The number of fused-ring (bicyclic) bond motifs is 1. The molecule has 3 N–H and O–H groups in total. The van der Waals surface area contributed by atoms with Gasteiger partial charge < -0.3 is 11.1 Å². The minimum absolute atomic E-state index is 0.331. The molecule has 3 atom stereocenters. The molecule has 0 aliphatic heterocycles. The van der Waals surface area contributed by atoms with E-state index in [9.17, 15) is 0 Å². The summed E-state index contributed by atoms with van der Waals surface area (Å²) in [5.41, 5.74) is 9.39. The molecule has 0 amide bonds. The van der Waals surface area contributed by atoms with Gasteiger partial charge in [0.05, 0.1) is 6.20 Å². The van der Waals surface area contributed by atoms with Crippen LogP contribution in [0.3, 0.4) is 0 Å². The zero-order valence-corrected chi connectivity index (χ0v) is 14.1. The van der Waals surface area contributed by atoms with E-state index in [0.717, 1.165) is 42.2 Å². The molecular weight excluding hydrogens is 286 g/mol. The van der Waals surface area contributed by atoms with Gasteiger partial charge in [0.15, 0.2) is 5.65 Å². The summed E-state index contributed by atoms with van der Waals surface area (Å²) >= 11 is 0. The van der Waals surface area contributed by atoms with Crippen LogP contribution in [-0.4, -0.2) is 26.7 Å². The highest BCUT2D eigenvalue weighted by atomic mass is 15.3. The van der Waals surface area contributed by atoms with E-state index < -0.39 is 0 Å². The molecule has 124 valence electrons. The van der Waals surface area contributed by atoms with Crippen LogP contribution in [0.5, 0.6) is 0 Å². The molecule has 0 spiro atoms. The van der Waals surface area contributed by atoms with Crippen molar-refractivity contribution in [2.75, 3.05) is 5.32 Å². The first kappa shape index (κ1) is 14.9. The smallest absolute Gasteiger partial charge is 0.160 e. The highest BCUT2D eigenvalue weighted by molar-refractivity contribution is 5.54. The summed E-state index contributed by atoms with van der Waals surface area (Å²) in [4.78, 5) is 4.92. The van der Waals surface area contributed by atoms with Gasteiger partial charge in [-0.2, -0.15) is 9.61 Å².